The highest BCUT2D eigenvalue weighted by Crippen LogP contribution is 2.42. The predicted octanol–water partition coefficient (Wildman–Crippen LogP) is 4.60. The molecule has 3 fully saturated rings. The third-order valence-electron chi connectivity index (χ3n) is 9.35. The number of nitrogens with zero attached hydrogens (tertiary/aromatic N) is 3. The lowest BCUT2D eigenvalue weighted by atomic mass is 9.75. The van der Waals surface area contributed by atoms with Gasteiger partial charge in [0, 0.05) is 55.4 Å². The Morgan fingerprint density at radius 1 is 0.949 bits per heavy atom. The zero-order chi connectivity index (χ0) is 26.6. The van der Waals surface area contributed by atoms with Crippen molar-refractivity contribution in [2.45, 2.75) is 50.5 Å². The van der Waals surface area contributed by atoms with Crippen LogP contribution in [0.5, 0.6) is 0 Å². The molecule has 202 valence electrons. The number of nitrogens with one attached hydrogen (secondary N) is 1. The van der Waals surface area contributed by atoms with Gasteiger partial charge < -0.3 is 15.0 Å². The van der Waals surface area contributed by atoms with E-state index < -0.39 is 5.54 Å². The van der Waals surface area contributed by atoms with Crippen molar-refractivity contribution in [3.8, 4) is 11.1 Å². The maximum Gasteiger partial charge on any atom is 0.256 e. The molecule has 3 aromatic rings. The van der Waals surface area contributed by atoms with Crippen LogP contribution < -0.4 is 0 Å². The molecule has 2 aliphatic heterocycles. The molecule has 0 bridgehead atoms. The van der Waals surface area contributed by atoms with Gasteiger partial charge in [-0.25, -0.2) is 0 Å². The quantitative estimate of drug-likeness (QED) is 0.473. The van der Waals surface area contributed by atoms with Crippen molar-refractivity contribution in [2.24, 2.45) is 22.7 Å². The molecule has 7 rings (SSSR count). The molecule has 4 aliphatic rings. The van der Waals surface area contributed by atoms with Gasteiger partial charge in [0.1, 0.15) is 11.4 Å². The van der Waals surface area contributed by atoms with Crippen LogP contribution in [0.15, 0.2) is 59.7 Å². The molecule has 39 heavy (non-hydrogen) atoms. The van der Waals surface area contributed by atoms with Gasteiger partial charge >= 0.3 is 0 Å². The van der Waals surface area contributed by atoms with Gasteiger partial charge in [-0.3, -0.25) is 19.5 Å². The minimum Gasteiger partial charge on any atom is -0.396 e. The number of aliphatic hydroxyl groups excluding tert-OH is 1. The molecular formula is C32H36N4O3. The van der Waals surface area contributed by atoms with Crippen LogP contribution in [-0.2, 0) is 9.59 Å². The SMILES string of the molecule is O=C(C1CC1)N1CC(CN2C(=O)C3(CCC(CCO)CC3)N=C2c2ccc(-c3ccc4[nH]ccc4c3)cc2)C1. The number of H-pyrrole nitrogens is 1. The van der Waals surface area contributed by atoms with Gasteiger partial charge in [-0.15, -0.1) is 0 Å². The van der Waals surface area contributed by atoms with E-state index in [-0.39, 0.29) is 24.3 Å². The van der Waals surface area contributed by atoms with E-state index in [1.54, 1.807) is 0 Å². The molecule has 1 spiro atoms. The molecule has 2 aromatic carbocycles. The van der Waals surface area contributed by atoms with Gasteiger partial charge in [0.25, 0.3) is 5.91 Å². The number of amidine groups is 1. The summed E-state index contributed by atoms with van der Waals surface area (Å²) in [5.41, 5.74) is 3.69. The monoisotopic (exact) mass is 524 g/mol. The van der Waals surface area contributed by atoms with E-state index in [0.29, 0.717) is 18.4 Å². The van der Waals surface area contributed by atoms with E-state index in [1.807, 2.05) is 16.0 Å². The van der Waals surface area contributed by atoms with Gasteiger partial charge in [0.15, 0.2) is 0 Å². The molecular weight excluding hydrogens is 488 g/mol. The van der Waals surface area contributed by atoms with Gasteiger partial charge in [0.05, 0.1) is 0 Å². The van der Waals surface area contributed by atoms with Gasteiger partial charge in [-0.2, -0.15) is 0 Å². The Morgan fingerprint density at radius 2 is 1.67 bits per heavy atom. The molecule has 1 saturated heterocycles. The normalized spacial score (nSPS) is 25.4. The fourth-order valence-electron chi connectivity index (χ4n) is 6.76. The van der Waals surface area contributed by atoms with Crippen LogP contribution in [0.2, 0.25) is 0 Å². The Labute approximate surface area is 228 Å². The lowest BCUT2D eigenvalue weighted by molar-refractivity contribution is -0.140. The average molecular weight is 525 g/mol. The second-order valence-electron chi connectivity index (χ2n) is 12.1. The first-order valence-corrected chi connectivity index (χ1v) is 14.5. The number of benzene rings is 2. The molecule has 0 unspecified atom stereocenters. The molecule has 0 radical (unpaired) electrons. The Hall–Kier alpha value is -3.45. The molecule has 0 atom stereocenters. The number of amides is 2. The summed E-state index contributed by atoms with van der Waals surface area (Å²) < 4.78 is 0. The molecule has 1 aromatic heterocycles. The van der Waals surface area contributed by atoms with E-state index in [1.165, 1.54) is 5.39 Å². The van der Waals surface area contributed by atoms with Crippen molar-refractivity contribution in [1.82, 2.24) is 14.8 Å². The van der Waals surface area contributed by atoms with E-state index in [0.717, 1.165) is 86.1 Å². The number of carbonyl (C=O) groups excluding carboxylic acids is 2. The van der Waals surface area contributed by atoms with Crippen LogP contribution in [0.4, 0.5) is 0 Å². The number of aliphatic hydroxyl groups is 1. The molecule has 2 saturated carbocycles. The highest BCUT2D eigenvalue weighted by Gasteiger charge is 2.51. The zero-order valence-electron chi connectivity index (χ0n) is 22.3. The number of hydrogen-bond donors (Lipinski definition) is 2. The number of likely N-dealkylation sites (tertiary alicyclic amines) is 1. The van der Waals surface area contributed by atoms with Crippen molar-refractivity contribution < 1.29 is 14.7 Å². The second kappa shape index (κ2) is 9.63. The van der Waals surface area contributed by atoms with Gasteiger partial charge in [0.2, 0.25) is 5.91 Å². The van der Waals surface area contributed by atoms with Crippen LogP contribution >= 0.6 is 0 Å². The lowest BCUT2D eigenvalue weighted by Gasteiger charge is -2.42. The summed E-state index contributed by atoms with van der Waals surface area (Å²) in [7, 11) is 0. The van der Waals surface area contributed by atoms with Crippen LogP contribution in [-0.4, -0.2) is 69.3 Å². The maximum absolute atomic E-state index is 14.0. The topological polar surface area (TPSA) is 89.0 Å². The predicted molar refractivity (Wildman–Crippen MR) is 151 cm³/mol. The average Bonchev–Trinajstić information content (AvgIpc) is 3.63. The summed E-state index contributed by atoms with van der Waals surface area (Å²) >= 11 is 0. The van der Waals surface area contributed by atoms with Gasteiger partial charge in [-0.05, 0) is 85.6 Å². The summed E-state index contributed by atoms with van der Waals surface area (Å²) in [6, 6.07) is 16.9. The van der Waals surface area contributed by atoms with Crippen LogP contribution in [0.1, 0.15) is 50.5 Å². The molecule has 7 heteroatoms. The fraction of sp³-hybridized carbons (Fsp3) is 0.469. The van der Waals surface area contributed by atoms with Crippen molar-refractivity contribution in [3.05, 3.63) is 60.3 Å². The van der Waals surface area contributed by atoms with Crippen LogP contribution in [0.3, 0.4) is 0 Å². The van der Waals surface area contributed by atoms with Crippen molar-refractivity contribution in [2.75, 3.05) is 26.2 Å². The maximum atomic E-state index is 14.0. The first kappa shape index (κ1) is 24.6. The summed E-state index contributed by atoms with van der Waals surface area (Å²) in [4.78, 5) is 38.8. The zero-order valence-corrected chi connectivity index (χ0v) is 22.3. The number of hydrogen-bond acceptors (Lipinski definition) is 4. The van der Waals surface area contributed by atoms with E-state index >= 15 is 0 Å². The first-order valence-electron chi connectivity index (χ1n) is 14.5. The largest absolute Gasteiger partial charge is 0.396 e. The number of rotatable bonds is 7. The number of aliphatic imine (C=N–C) groups is 1. The Morgan fingerprint density at radius 3 is 2.38 bits per heavy atom. The minimum absolute atomic E-state index is 0.119. The smallest absolute Gasteiger partial charge is 0.256 e. The Bertz CT molecular complexity index is 1420. The van der Waals surface area contributed by atoms with Crippen molar-refractivity contribution in [1.29, 1.82) is 0 Å². The summed E-state index contributed by atoms with van der Waals surface area (Å²) in [6.07, 6.45) is 8.12. The van der Waals surface area contributed by atoms with Gasteiger partial charge in [-0.1, -0.05) is 30.3 Å². The molecule has 7 nitrogen and oxygen atoms in total. The Balaban J connectivity index is 1.14. The van der Waals surface area contributed by atoms with E-state index in [9.17, 15) is 14.7 Å². The molecule has 3 heterocycles. The first-order chi connectivity index (χ1) is 19.0. The molecule has 2 aliphatic carbocycles. The Kier molecular flexibility index (Phi) is 6.07. The summed E-state index contributed by atoms with van der Waals surface area (Å²) in [5.74, 6) is 2.18. The fourth-order valence-corrected chi connectivity index (χ4v) is 6.76. The minimum atomic E-state index is -0.688. The number of carbonyl (C=O) groups is 2. The third kappa shape index (κ3) is 4.46. The lowest BCUT2D eigenvalue weighted by Crippen LogP contribution is -2.56. The number of aromatic amines is 1. The summed E-state index contributed by atoms with van der Waals surface area (Å²) in [5, 5.41) is 10.6. The molecule has 2 amide bonds. The summed E-state index contributed by atoms with van der Waals surface area (Å²) in [6.45, 7) is 2.28. The third-order valence-corrected chi connectivity index (χ3v) is 9.35. The molecule has 2 N–H and O–H groups in total. The standard InChI is InChI=1S/C32H36N4O3/c37-16-12-21-9-13-32(14-10-21)31(39)36(20-22-18-35(19-22)30(38)25-5-6-25)29(34-32)24-3-1-23(2-4-24)26-7-8-28-27(17-26)11-15-33-28/h1-4,7-8,11,15,17,21-22,25,33,37H,5-6,9-10,12-14,16,18-20H2. The van der Waals surface area contributed by atoms with Crippen molar-refractivity contribution in [3.63, 3.8) is 0 Å². The highest BCUT2D eigenvalue weighted by atomic mass is 16.3. The van der Waals surface area contributed by atoms with Crippen LogP contribution in [0.25, 0.3) is 22.0 Å². The van der Waals surface area contributed by atoms with Crippen molar-refractivity contribution >= 4 is 28.6 Å². The van der Waals surface area contributed by atoms with E-state index in [4.69, 9.17) is 4.99 Å². The van der Waals surface area contributed by atoms with E-state index in [2.05, 4.69) is 53.5 Å². The number of fused-ring (bicyclic) bond motifs is 1. The number of aromatic nitrogens is 1. The highest BCUT2D eigenvalue weighted by molar-refractivity contribution is 6.15. The second-order valence-corrected chi connectivity index (χ2v) is 12.1. The van der Waals surface area contributed by atoms with Crippen LogP contribution in [0, 0.1) is 17.8 Å².